The lowest BCUT2D eigenvalue weighted by molar-refractivity contribution is 0.0972. The fourth-order valence-electron chi connectivity index (χ4n) is 1.12. The van der Waals surface area contributed by atoms with Crippen LogP contribution >= 0.6 is 0 Å². The van der Waals surface area contributed by atoms with Crippen molar-refractivity contribution in [2.24, 2.45) is 0 Å². The highest BCUT2D eigenvalue weighted by Crippen LogP contribution is 2.06. The number of nitrogens with zero attached hydrogens (tertiary/aromatic N) is 1. The lowest BCUT2D eigenvalue weighted by Gasteiger charge is -2.28. The molecule has 1 amide bonds. The third-order valence-electron chi connectivity index (χ3n) is 1.50. The smallest absolute Gasteiger partial charge is 0.409 e. The molecule has 3 nitrogen and oxygen atoms in total. The van der Waals surface area contributed by atoms with E-state index in [1.807, 2.05) is 27.7 Å². The topological polar surface area (TPSA) is 29.5 Å². The standard InChI is InChI=1S/C8H17NO2/c1-6(2)9(7(3)4)8(10)11-5/h6-7H,1-5H3. The van der Waals surface area contributed by atoms with Gasteiger partial charge in [0.05, 0.1) is 7.11 Å². The molecule has 0 aliphatic rings. The van der Waals surface area contributed by atoms with Crippen LogP contribution in [0.4, 0.5) is 4.79 Å². The predicted octanol–water partition coefficient (Wildman–Crippen LogP) is 1.87. The molecule has 0 aromatic carbocycles. The van der Waals surface area contributed by atoms with Crippen LogP contribution in [0.2, 0.25) is 0 Å². The van der Waals surface area contributed by atoms with Crippen LogP contribution in [0.15, 0.2) is 0 Å². The van der Waals surface area contributed by atoms with Crippen molar-refractivity contribution >= 4 is 6.09 Å². The number of rotatable bonds is 2. The Morgan fingerprint density at radius 1 is 1.18 bits per heavy atom. The molecule has 3 heteroatoms. The molecule has 0 saturated carbocycles. The highest BCUT2D eigenvalue weighted by Gasteiger charge is 2.19. The molecule has 0 saturated heterocycles. The second-order valence-electron chi connectivity index (χ2n) is 3.06. The van der Waals surface area contributed by atoms with Gasteiger partial charge >= 0.3 is 6.09 Å². The zero-order valence-corrected chi connectivity index (χ0v) is 7.92. The second-order valence-corrected chi connectivity index (χ2v) is 3.06. The molecule has 66 valence electrons. The van der Waals surface area contributed by atoms with E-state index < -0.39 is 0 Å². The van der Waals surface area contributed by atoms with Crippen molar-refractivity contribution in [1.82, 2.24) is 4.90 Å². The molecule has 0 bridgehead atoms. The summed E-state index contributed by atoms with van der Waals surface area (Å²) in [6.45, 7) is 7.88. The third-order valence-corrected chi connectivity index (χ3v) is 1.50. The summed E-state index contributed by atoms with van der Waals surface area (Å²) in [6.07, 6.45) is -0.255. The maximum atomic E-state index is 11.1. The van der Waals surface area contributed by atoms with E-state index in [0.29, 0.717) is 0 Å². The monoisotopic (exact) mass is 159 g/mol. The van der Waals surface area contributed by atoms with Gasteiger partial charge in [-0.2, -0.15) is 0 Å². The van der Waals surface area contributed by atoms with Crippen molar-refractivity contribution in [3.05, 3.63) is 0 Å². The van der Waals surface area contributed by atoms with Crippen LogP contribution in [-0.4, -0.2) is 30.2 Å². The van der Waals surface area contributed by atoms with Gasteiger partial charge < -0.3 is 9.64 Å². The Morgan fingerprint density at radius 3 is 1.64 bits per heavy atom. The van der Waals surface area contributed by atoms with Gasteiger partial charge in [-0.25, -0.2) is 4.79 Å². The Labute approximate surface area is 68.3 Å². The minimum Gasteiger partial charge on any atom is -0.453 e. The molecule has 0 unspecified atom stereocenters. The minimum atomic E-state index is -0.255. The normalized spacial score (nSPS) is 10.5. The first-order valence-electron chi connectivity index (χ1n) is 3.87. The van der Waals surface area contributed by atoms with Gasteiger partial charge in [0.15, 0.2) is 0 Å². The average molecular weight is 159 g/mol. The van der Waals surface area contributed by atoms with Crippen molar-refractivity contribution in [3.8, 4) is 0 Å². The van der Waals surface area contributed by atoms with E-state index in [0.717, 1.165) is 0 Å². The van der Waals surface area contributed by atoms with Crippen LogP contribution in [0.1, 0.15) is 27.7 Å². The van der Waals surface area contributed by atoms with E-state index >= 15 is 0 Å². The Morgan fingerprint density at radius 2 is 1.55 bits per heavy atom. The van der Waals surface area contributed by atoms with E-state index in [1.165, 1.54) is 7.11 Å². The predicted molar refractivity (Wildman–Crippen MR) is 44.5 cm³/mol. The van der Waals surface area contributed by atoms with E-state index in [1.54, 1.807) is 4.90 Å². The van der Waals surface area contributed by atoms with Crippen LogP contribution in [0.25, 0.3) is 0 Å². The summed E-state index contributed by atoms with van der Waals surface area (Å²) in [5, 5.41) is 0. The summed E-state index contributed by atoms with van der Waals surface area (Å²) in [5.74, 6) is 0. The molecule has 0 N–H and O–H groups in total. The summed E-state index contributed by atoms with van der Waals surface area (Å²) in [4.78, 5) is 12.8. The van der Waals surface area contributed by atoms with Gasteiger partial charge in [0.2, 0.25) is 0 Å². The Hall–Kier alpha value is -0.730. The fraction of sp³-hybridized carbons (Fsp3) is 0.875. The molecule has 11 heavy (non-hydrogen) atoms. The first-order valence-corrected chi connectivity index (χ1v) is 3.87. The molecule has 0 radical (unpaired) electrons. The minimum absolute atomic E-state index is 0.197. The lowest BCUT2D eigenvalue weighted by atomic mass is 10.2. The largest absolute Gasteiger partial charge is 0.453 e. The van der Waals surface area contributed by atoms with E-state index in [4.69, 9.17) is 0 Å². The lowest BCUT2D eigenvalue weighted by Crippen LogP contribution is -2.41. The molecule has 0 aromatic rings. The molecular weight excluding hydrogens is 142 g/mol. The SMILES string of the molecule is COC(=O)N(C(C)C)C(C)C. The number of carbonyl (C=O) groups excluding carboxylic acids is 1. The summed E-state index contributed by atoms with van der Waals surface area (Å²) in [7, 11) is 1.40. The van der Waals surface area contributed by atoms with Crippen LogP contribution in [-0.2, 0) is 4.74 Å². The second kappa shape index (κ2) is 4.21. The molecule has 0 rings (SSSR count). The van der Waals surface area contributed by atoms with E-state index in [-0.39, 0.29) is 18.2 Å². The quantitative estimate of drug-likeness (QED) is 0.615. The van der Waals surface area contributed by atoms with Crippen molar-refractivity contribution in [2.45, 2.75) is 39.8 Å². The number of hydrogen-bond donors (Lipinski definition) is 0. The molecule has 0 spiro atoms. The molecule has 0 aliphatic carbocycles. The summed E-state index contributed by atoms with van der Waals surface area (Å²) >= 11 is 0. The zero-order valence-electron chi connectivity index (χ0n) is 7.92. The first kappa shape index (κ1) is 10.3. The van der Waals surface area contributed by atoms with Crippen molar-refractivity contribution < 1.29 is 9.53 Å². The van der Waals surface area contributed by atoms with Crippen molar-refractivity contribution in [1.29, 1.82) is 0 Å². The Balaban J connectivity index is 4.22. The molecule has 0 heterocycles. The Kier molecular flexibility index (Phi) is 3.93. The first-order chi connectivity index (χ1) is 5.00. The summed E-state index contributed by atoms with van der Waals surface area (Å²) in [6, 6.07) is 0.393. The molecule has 0 aliphatic heterocycles. The number of ether oxygens (including phenoxy) is 1. The summed E-state index contributed by atoms with van der Waals surface area (Å²) < 4.78 is 4.62. The van der Waals surface area contributed by atoms with Gasteiger partial charge in [-0.05, 0) is 27.7 Å². The molecule has 0 fully saturated rings. The maximum Gasteiger partial charge on any atom is 0.409 e. The molecular formula is C8H17NO2. The number of carbonyl (C=O) groups is 1. The van der Waals surface area contributed by atoms with Gasteiger partial charge in [-0.1, -0.05) is 0 Å². The highest BCUT2D eigenvalue weighted by molar-refractivity contribution is 5.68. The number of methoxy groups -OCH3 is 1. The zero-order chi connectivity index (χ0) is 9.02. The van der Waals surface area contributed by atoms with Crippen LogP contribution in [0.5, 0.6) is 0 Å². The number of hydrogen-bond acceptors (Lipinski definition) is 2. The third kappa shape index (κ3) is 2.78. The Bertz CT molecular complexity index is 124. The molecule has 0 aromatic heterocycles. The van der Waals surface area contributed by atoms with Crippen LogP contribution in [0.3, 0.4) is 0 Å². The van der Waals surface area contributed by atoms with Gasteiger partial charge in [0, 0.05) is 12.1 Å². The van der Waals surface area contributed by atoms with E-state index in [2.05, 4.69) is 4.74 Å². The fourth-order valence-corrected chi connectivity index (χ4v) is 1.12. The highest BCUT2D eigenvalue weighted by atomic mass is 16.5. The number of amides is 1. The van der Waals surface area contributed by atoms with Crippen LogP contribution < -0.4 is 0 Å². The van der Waals surface area contributed by atoms with Crippen LogP contribution in [0, 0.1) is 0 Å². The summed E-state index contributed by atoms with van der Waals surface area (Å²) in [5.41, 5.74) is 0. The van der Waals surface area contributed by atoms with Gasteiger partial charge in [-0.15, -0.1) is 0 Å². The van der Waals surface area contributed by atoms with Gasteiger partial charge in [0.1, 0.15) is 0 Å². The van der Waals surface area contributed by atoms with Crippen molar-refractivity contribution in [2.75, 3.05) is 7.11 Å². The van der Waals surface area contributed by atoms with Crippen molar-refractivity contribution in [3.63, 3.8) is 0 Å². The molecule has 0 atom stereocenters. The average Bonchev–Trinajstić information content (AvgIpc) is 1.85. The van der Waals surface area contributed by atoms with Gasteiger partial charge in [0.25, 0.3) is 0 Å². The maximum absolute atomic E-state index is 11.1. The van der Waals surface area contributed by atoms with Gasteiger partial charge in [-0.3, -0.25) is 0 Å². The van der Waals surface area contributed by atoms with E-state index in [9.17, 15) is 4.79 Å².